The van der Waals surface area contributed by atoms with Gasteiger partial charge in [0.1, 0.15) is 17.4 Å². The lowest BCUT2D eigenvalue weighted by Gasteiger charge is -2.27. The fourth-order valence-corrected chi connectivity index (χ4v) is 1.70. The van der Waals surface area contributed by atoms with Crippen molar-refractivity contribution in [1.82, 2.24) is 5.32 Å². The molecule has 5 nitrogen and oxygen atoms in total. The van der Waals surface area contributed by atoms with E-state index in [0.717, 1.165) is 11.3 Å². The van der Waals surface area contributed by atoms with Gasteiger partial charge in [-0.15, -0.1) is 0 Å². The topological polar surface area (TPSA) is 82.3 Å². The molecule has 1 unspecified atom stereocenters. The largest absolute Gasteiger partial charge is 0.494 e. The number of benzene rings is 1. The number of amides is 1. The molecule has 2 N–H and O–H groups in total. The van der Waals surface area contributed by atoms with Gasteiger partial charge in [-0.25, -0.2) is 0 Å². The number of aliphatic hydroxyl groups is 1. The predicted octanol–water partition coefficient (Wildman–Crippen LogP) is 2.52. The second-order valence-electron chi connectivity index (χ2n) is 5.87. The molecule has 1 aromatic rings. The molecule has 0 aliphatic heterocycles. The van der Waals surface area contributed by atoms with Gasteiger partial charge in [0, 0.05) is 6.54 Å². The van der Waals surface area contributed by atoms with Crippen molar-refractivity contribution in [2.45, 2.75) is 33.3 Å². The van der Waals surface area contributed by atoms with Gasteiger partial charge in [-0.1, -0.05) is 26.0 Å². The smallest absolute Gasteiger partial charge is 0.262 e. The van der Waals surface area contributed by atoms with Crippen LogP contribution < -0.4 is 10.1 Å². The van der Waals surface area contributed by atoms with E-state index in [4.69, 9.17) is 10.00 Å². The van der Waals surface area contributed by atoms with Crippen LogP contribution >= 0.6 is 0 Å². The van der Waals surface area contributed by atoms with E-state index in [2.05, 4.69) is 5.32 Å². The molecular weight excluding hydrogens is 292 g/mol. The minimum atomic E-state index is -1.02. The van der Waals surface area contributed by atoms with Crippen LogP contribution in [0.4, 0.5) is 0 Å². The number of hydrogen-bond donors (Lipinski definition) is 2. The quantitative estimate of drug-likeness (QED) is 0.598. The first-order valence-corrected chi connectivity index (χ1v) is 7.65. The maximum atomic E-state index is 12.1. The summed E-state index contributed by atoms with van der Waals surface area (Å²) < 4.78 is 5.35. The highest BCUT2D eigenvalue weighted by molar-refractivity contribution is 6.01. The van der Waals surface area contributed by atoms with Gasteiger partial charge in [0.2, 0.25) is 0 Å². The van der Waals surface area contributed by atoms with Crippen LogP contribution in [0.5, 0.6) is 5.75 Å². The third-order valence-electron chi connectivity index (χ3n) is 3.72. The summed E-state index contributed by atoms with van der Waals surface area (Å²) in [7, 11) is 0. The normalized spacial score (nSPS) is 14.0. The number of carbonyl (C=O) groups is 1. The molecule has 0 saturated carbocycles. The minimum Gasteiger partial charge on any atom is -0.494 e. The number of carbonyl (C=O) groups excluding carboxylic acids is 1. The fraction of sp³-hybridized carbons (Fsp3) is 0.444. The van der Waals surface area contributed by atoms with Gasteiger partial charge in [-0.05, 0) is 43.5 Å². The average molecular weight is 316 g/mol. The molecular formula is C18H24N2O3. The van der Waals surface area contributed by atoms with E-state index in [1.165, 1.54) is 6.08 Å². The molecule has 1 aromatic carbocycles. The SMILES string of the molecule is CCOc1ccc(C=C(C#N)C(=O)NCC(C)(O)C(C)C)cc1. The van der Waals surface area contributed by atoms with Crippen LogP contribution in [-0.2, 0) is 4.79 Å². The molecule has 0 radical (unpaired) electrons. The number of rotatable bonds is 7. The Labute approximate surface area is 137 Å². The van der Waals surface area contributed by atoms with Crippen LogP contribution in [0.15, 0.2) is 29.8 Å². The zero-order valence-electron chi connectivity index (χ0n) is 14.1. The van der Waals surface area contributed by atoms with Crippen LogP contribution in [0, 0.1) is 17.2 Å². The molecule has 0 fully saturated rings. The van der Waals surface area contributed by atoms with Gasteiger partial charge in [-0.2, -0.15) is 5.26 Å². The molecule has 0 bridgehead atoms. The summed E-state index contributed by atoms with van der Waals surface area (Å²) in [6.07, 6.45) is 1.51. The van der Waals surface area contributed by atoms with Crippen molar-refractivity contribution in [1.29, 1.82) is 5.26 Å². The summed E-state index contributed by atoms with van der Waals surface area (Å²) in [6, 6.07) is 9.01. The molecule has 23 heavy (non-hydrogen) atoms. The number of nitrogens with zero attached hydrogens (tertiary/aromatic N) is 1. The van der Waals surface area contributed by atoms with Crippen LogP contribution in [0.2, 0.25) is 0 Å². The van der Waals surface area contributed by atoms with Gasteiger partial charge >= 0.3 is 0 Å². The van der Waals surface area contributed by atoms with Crippen molar-refractivity contribution < 1.29 is 14.6 Å². The van der Waals surface area contributed by atoms with Crippen LogP contribution in [-0.4, -0.2) is 29.8 Å². The average Bonchev–Trinajstić information content (AvgIpc) is 2.52. The second kappa shape index (κ2) is 8.35. The van der Waals surface area contributed by atoms with E-state index in [9.17, 15) is 9.90 Å². The summed E-state index contributed by atoms with van der Waals surface area (Å²) >= 11 is 0. The number of nitriles is 1. The summed E-state index contributed by atoms with van der Waals surface area (Å²) in [6.45, 7) is 7.96. The van der Waals surface area contributed by atoms with Crippen molar-refractivity contribution in [3.63, 3.8) is 0 Å². The van der Waals surface area contributed by atoms with Gasteiger partial charge in [0.05, 0.1) is 12.2 Å². The highest BCUT2D eigenvalue weighted by atomic mass is 16.5. The number of hydrogen-bond acceptors (Lipinski definition) is 4. The second-order valence-corrected chi connectivity index (χ2v) is 5.87. The van der Waals surface area contributed by atoms with Gasteiger partial charge in [-0.3, -0.25) is 4.79 Å². The molecule has 1 amide bonds. The standard InChI is InChI=1S/C18H24N2O3/c1-5-23-16-8-6-14(7-9-16)10-15(11-19)17(21)20-12-18(4,22)13(2)3/h6-10,13,22H,5,12H2,1-4H3,(H,20,21). The predicted molar refractivity (Wildman–Crippen MR) is 89.7 cm³/mol. The zero-order chi connectivity index (χ0) is 17.5. The molecule has 124 valence electrons. The van der Waals surface area contributed by atoms with E-state index < -0.39 is 11.5 Å². The van der Waals surface area contributed by atoms with Crippen molar-refractivity contribution >= 4 is 12.0 Å². The molecule has 0 saturated heterocycles. The Balaban J connectivity index is 2.79. The Morgan fingerprint density at radius 1 is 1.43 bits per heavy atom. The molecule has 5 heteroatoms. The van der Waals surface area contributed by atoms with Gasteiger partial charge < -0.3 is 15.2 Å². The lowest BCUT2D eigenvalue weighted by atomic mass is 9.92. The van der Waals surface area contributed by atoms with Crippen LogP contribution in [0.25, 0.3) is 6.08 Å². The maximum Gasteiger partial charge on any atom is 0.262 e. The fourth-order valence-electron chi connectivity index (χ4n) is 1.70. The Kier molecular flexibility index (Phi) is 6.80. The van der Waals surface area contributed by atoms with E-state index in [0.29, 0.717) is 6.61 Å². The van der Waals surface area contributed by atoms with Crippen molar-refractivity contribution in [2.75, 3.05) is 13.2 Å². The highest BCUT2D eigenvalue weighted by Gasteiger charge is 2.25. The van der Waals surface area contributed by atoms with Crippen molar-refractivity contribution in [3.8, 4) is 11.8 Å². The Morgan fingerprint density at radius 2 is 2.04 bits per heavy atom. The Bertz CT molecular complexity index is 596. The third-order valence-corrected chi connectivity index (χ3v) is 3.72. The molecule has 1 atom stereocenters. The van der Waals surface area contributed by atoms with E-state index in [1.807, 2.05) is 26.8 Å². The molecule has 0 heterocycles. The van der Waals surface area contributed by atoms with Gasteiger partial charge in [0.15, 0.2) is 0 Å². The maximum absolute atomic E-state index is 12.1. The van der Waals surface area contributed by atoms with E-state index in [1.54, 1.807) is 31.2 Å². The van der Waals surface area contributed by atoms with E-state index in [-0.39, 0.29) is 18.0 Å². The molecule has 0 aromatic heterocycles. The van der Waals surface area contributed by atoms with Crippen LogP contribution in [0.3, 0.4) is 0 Å². The summed E-state index contributed by atoms with van der Waals surface area (Å²) in [5.74, 6) is 0.228. The number of nitrogens with one attached hydrogen (secondary N) is 1. The third kappa shape index (κ3) is 5.76. The highest BCUT2D eigenvalue weighted by Crippen LogP contribution is 2.16. The van der Waals surface area contributed by atoms with Crippen molar-refractivity contribution in [2.24, 2.45) is 5.92 Å². The summed E-state index contributed by atoms with van der Waals surface area (Å²) in [4.78, 5) is 12.1. The Morgan fingerprint density at radius 3 is 2.52 bits per heavy atom. The van der Waals surface area contributed by atoms with Crippen LogP contribution in [0.1, 0.15) is 33.3 Å². The molecule has 1 rings (SSSR count). The summed E-state index contributed by atoms with van der Waals surface area (Å²) in [5, 5.41) is 21.9. The first-order valence-electron chi connectivity index (χ1n) is 7.65. The van der Waals surface area contributed by atoms with E-state index >= 15 is 0 Å². The molecule has 0 spiro atoms. The lowest BCUT2D eigenvalue weighted by Crippen LogP contribution is -2.44. The number of ether oxygens (including phenoxy) is 1. The van der Waals surface area contributed by atoms with Gasteiger partial charge in [0.25, 0.3) is 5.91 Å². The first kappa shape index (κ1) is 18.7. The minimum absolute atomic E-state index is 0.00582. The first-order chi connectivity index (χ1) is 10.8. The lowest BCUT2D eigenvalue weighted by molar-refractivity contribution is -0.118. The Hall–Kier alpha value is -2.32. The zero-order valence-corrected chi connectivity index (χ0v) is 14.1. The van der Waals surface area contributed by atoms with Crippen molar-refractivity contribution in [3.05, 3.63) is 35.4 Å². The monoisotopic (exact) mass is 316 g/mol. The molecule has 0 aliphatic carbocycles. The molecule has 0 aliphatic rings. The summed E-state index contributed by atoms with van der Waals surface area (Å²) in [5.41, 5.74) is -0.292.